The first kappa shape index (κ1) is 98.5. The summed E-state index contributed by atoms with van der Waals surface area (Å²) < 4.78 is 31.2. The van der Waals surface area contributed by atoms with E-state index < -0.39 is 11.9 Å². The molecule has 16 rings (SSSR count). The van der Waals surface area contributed by atoms with Gasteiger partial charge in [0.1, 0.15) is 0 Å². The number of aromatic nitrogens is 7. The zero-order valence-electron chi connectivity index (χ0n) is 72.5. The fourth-order valence-corrected chi connectivity index (χ4v) is 18.2. The van der Waals surface area contributed by atoms with Gasteiger partial charge in [0.25, 0.3) is 17.0 Å². The molecule has 0 saturated carbocycles. The van der Waals surface area contributed by atoms with E-state index in [0.29, 0.717) is 53.3 Å². The molecule has 12 aromatic rings. The Hall–Kier alpha value is -10.1. The zero-order chi connectivity index (χ0) is 92.2. The Morgan fingerprint density at radius 1 is 0.484 bits per heavy atom. The number of morpholine rings is 4. The highest BCUT2D eigenvalue weighted by Gasteiger charge is 2.29. The molecule has 0 unspecified atom stereocenters. The minimum absolute atomic E-state index is 0.0641. The van der Waals surface area contributed by atoms with E-state index in [-0.39, 0.29) is 64.8 Å². The SMILES string of the molecule is C=CCN(C(=O)c1cncc(Br)c1I)c1ccc(N2C[C@@H](C)O[C@@H](C)C2)cc1.C=CCNc1ccc(N2C[C@@H](C)O[C@@H](C)C2)cc1.Cc1cn(-c2ccc(N3C[C@@H](C)O[C@@H](C)C3)cc2)c(=O)c2cncc(Br)c12.O=C(O)c1cncc(Br)c1.O=C(O)c1cncc(Br)c1I.[C-]#[N+]c1ccc(-c2cncc3c(=O)n(-c4ccc(N5C[C@@H](C)O[C@@H](C)C5)cc4)cc(C)c23)cc1. The quantitative estimate of drug-likeness (QED) is 0.0461. The first-order chi connectivity index (χ1) is 61.3. The maximum absolute atomic E-state index is 13.5. The molecule has 1 amide bonds. The van der Waals surface area contributed by atoms with Gasteiger partial charge in [0.05, 0.1) is 87.3 Å². The molecule has 4 saturated heterocycles. The molecule has 128 heavy (non-hydrogen) atoms. The van der Waals surface area contributed by atoms with Crippen LogP contribution in [0.3, 0.4) is 0 Å². The number of halogens is 6. The number of amides is 1. The second-order valence-corrected chi connectivity index (χ2v) is 37.0. The van der Waals surface area contributed by atoms with Crippen molar-refractivity contribution in [2.24, 2.45) is 0 Å². The summed E-state index contributed by atoms with van der Waals surface area (Å²) >= 11 is 17.3. The summed E-state index contributed by atoms with van der Waals surface area (Å²) in [5, 5.41) is 23.3. The second kappa shape index (κ2) is 46.4. The van der Waals surface area contributed by atoms with Crippen LogP contribution >= 0.6 is 109 Å². The van der Waals surface area contributed by atoms with Crippen LogP contribution in [-0.2, 0) is 18.9 Å². The monoisotopic (exact) mass is 2210 g/mol. The summed E-state index contributed by atoms with van der Waals surface area (Å²) in [6, 6.07) is 41.8. The number of rotatable bonds is 16. The van der Waals surface area contributed by atoms with Crippen LogP contribution in [0.15, 0.2) is 255 Å². The number of aryl methyl sites for hydroxylation is 2. The third kappa shape index (κ3) is 25.9. The van der Waals surface area contributed by atoms with E-state index in [2.05, 4.69) is 270 Å². The average Bonchev–Trinajstić information content (AvgIpc) is 0.764. The number of nitrogens with one attached hydrogen (secondary N) is 1. The fraction of sp³-hybridized carbons (Fsp3) is 0.289. The number of hydrogen-bond acceptors (Lipinski definition) is 19. The minimum atomic E-state index is -0.964. The van der Waals surface area contributed by atoms with E-state index in [9.17, 15) is 24.0 Å². The molecule has 25 nitrogen and oxygen atoms in total. The number of anilines is 6. The van der Waals surface area contributed by atoms with Crippen LogP contribution in [0, 0.1) is 27.6 Å². The van der Waals surface area contributed by atoms with Gasteiger partial charge in [-0.05, 0) is 298 Å². The fourth-order valence-electron chi connectivity index (χ4n) is 15.5. The van der Waals surface area contributed by atoms with E-state index >= 15 is 0 Å². The van der Waals surface area contributed by atoms with Crippen LogP contribution in [-0.4, -0.2) is 176 Å². The predicted octanol–water partition coefficient (Wildman–Crippen LogP) is 21.1. The van der Waals surface area contributed by atoms with Crippen LogP contribution in [0.5, 0.6) is 0 Å². The Morgan fingerprint density at radius 3 is 1.26 bits per heavy atom. The summed E-state index contributed by atoms with van der Waals surface area (Å²) in [7, 11) is 0. The average molecular weight is 2210 g/mol. The number of carbonyl (C=O) groups is 3. The largest absolute Gasteiger partial charge is 0.478 e. The summed E-state index contributed by atoms with van der Waals surface area (Å²) in [6.45, 7) is 43.8. The van der Waals surface area contributed by atoms with E-state index in [4.69, 9.17) is 35.7 Å². The summed E-state index contributed by atoms with van der Waals surface area (Å²) in [4.78, 5) is 95.1. The van der Waals surface area contributed by atoms with Crippen molar-refractivity contribution in [2.45, 2.75) is 118 Å². The first-order valence-corrected chi connectivity index (χ1v) is 46.7. The van der Waals surface area contributed by atoms with Gasteiger partial charge in [-0.3, -0.25) is 48.4 Å². The van der Waals surface area contributed by atoms with Crippen LogP contribution < -0.4 is 40.9 Å². The number of nitrogens with zero attached hydrogens (tertiary/aromatic N) is 13. The molecule has 4 fully saturated rings. The summed E-state index contributed by atoms with van der Waals surface area (Å²) in [6.07, 6.45) is 25.0. The van der Waals surface area contributed by atoms with Gasteiger partial charge in [-0.25, -0.2) is 14.4 Å². The first-order valence-electron chi connectivity index (χ1n) is 41.4. The molecule has 0 bridgehead atoms. The lowest BCUT2D eigenvalue weighted by atomic mass is 9.98. The lowest BCUT2D eigenvalue weighted by Gasteiger charge is -2.37. The van der Waals surface area contributed by atoms with Crippen molar-refractivity contribution in [3.8, 4) is 22.5 Å². The van der Waals surface area contributed by atoms with Crippen molar-refractivity contribution >= 4 is 188 Å². The van der Waals surface area contributed by atoms with Gasteiger partial charge in [-0.2, -0.15) is 0 Å². The third-order valence-corrected chi connectivity index (χ3v) is 27.0. The number of benzene rings is 5. The zero-order valence-corrected chi connectivity index (χ0v) is 83.1. The van der Waals surface area contributed by atoms with E-state index in [1.54, 1.807) is 75.6 Å². The van der Waals surface area contributed by atoms with E-state index in [1.807, 2.05) is 103 Å². The molecule has 0 radical (unpaired) electrons. The summed E-state index contributed by atoms with van der Waals surface area (Å²) in [5.74, 6) is -2.02. The lowest BCUT2D eigenvalue weighted by Crippen LogP contribution is -2.45. The number of carboxylic acid groups (broad SMARTS) is 2. The Morgan fingerprint density at radius 2 is 0.859 bits per heavy atom. The highest BCUT2D eigenvalue weighted by atomic mass is 127. The third-order valence-electron chi connectivity index (χ3n) is 21.0. The number of aromatic carboxylic acids is 2. The van der Waals surface area contributed by atoms with E-state index in [1.165, 1.54) is 30.3 Å². The van der Waals surface area contributed by atoms with Crippen molar-refractivity contribution in [1.29, 1.82) is 0 Å². The second-order valence-electron chi connectivity index (χ2n) is 31.4. The van der Waals surface area contributed by atoms with Gasteiger partial charge >= 0.3 is 11.9 Å². The molecule has 4 aliphatic rings. The Balaban J connectivity index is 0.000000156. The molecular weight excluding hydrogens is 2110 g/mol. The van der Waals surface area contributed by atoms with Gasteiger partial charge in [0.15, 0.2) is 5.69 Å². The Bertz CT molecular complexity index is 6040. The molecule has 666 valence electrons. The van der Waals surface area contributed by atoms with Crippen molar-refractivity contribution in [1.82, 2.24) is 34.1 Å². The standard InChI is InChI=1S/C28H26N4O2.C21H23BrIN3O2.C21H22BrN3O2.C15H22N2O.C6H3BrINO2.C6H4BrNO2/c1-18-15-32(24-11-9-23(10-12-24)31-16-19(2)34-20(3)17-31)28(33)26-14-30-13-25(27(18)26)21-5-7-22(29-4)8-6-21;1-4-9-26(21(27)18-10-24-11-19(22)20(18)23)17-7-5-16(6-8-17)25-12-14(2)28-15(3)13-25;1-13-10-25(21(26)18-8-23-9-19(22)20(13)18)17-6-4-16(5-7-17)24-11-14(2)27-15(3)12-24;1-4-9-16-14-5-7-15(8-6-14)17-10-12(2)18-13(3)11-17;7-4-2-9-1-3(5(4)8)6(10)11;7-5-1-4(6(9)10)2-8-3-5/h5-15,19-20H,16-17H2,1-3H3;4-8,10-11,14-15H,1,9,12-13H2,2-3H3;4-10,14-15H,11-12H2,1-3H3;4-8,12-13,16H,1,9-11H2,2-3H3;1-2H,(H,10,11);1-3H,(H,9,10)/t19-,20+;2*14-,15+;12-,13+;;. The summed E-state index contributed by atoms with van der Waals surface area (Å²) in [5.41, 5.74) is 13.5. The van der Waals surface area contributed by atoms with Crippen molar-refractivity contribution in [3.05, 3.63) is 312 Å². The molecule has 7 aromatic heterocycles. The molecule has 8 atom stereocenters. The maximum atomic E-state index is 13.5. The van der Waals surface area contributed by atoms with Crippen LogP contribution in [0.25, 0.3) is 48.9 Å². The molecule has 4 aliphatic heterocycles. The number of ether oxygens (including phenoxy) is 4. The topological polar surface area (TPSA) is 270 Å². The number of hydrogen-bond donors (Lipinski definition) is 3. The van der Waals surface area contributed by atoms with Crippen molar-refractivity contribution < 1.29 is 43.5 Å². The van der Waals surface area contributed by atoms with Gasteiger partial charge < -0.3 is 59.0 Å². The number of carboxylic acids is 2. The van der Waals surface area contributed by atoms with Gasteiger partial charge in [-0.15, -0.1) is 13.2 Å². The Kier molecular flexibility index (Phi) is 35.7. The van der Waals surface area contributed by atoms with Crippen molar-refractivity contribution in [3.63, 3.8) is 0 Å². The van der Waals surface area contributed by atoms with Gasteiger partial charge in [0, 0.05) is 222 Å². The molecule has 3 N–H and O–H groups in total. The smallest absolute Gasteiger partial charge is 0.338 e. The molecule has 0 spiro atoms. The molecule has 5 aromatic carbocycles. The van der Waals surface area contributed by atoms with Crippen molar-refractivity contribution in [2.75, 3.05) is 95.3 Å². The van der Waals surface area contributed by atoms with E-state index in [0.717, 1.165) is 144 Å². The molecule has 11 heterocycles. The van der Waals surface area contributed by atoms with Gasteiger partial charge in [0.2, 0.25) is 0 Å². The predicted molar refractivity (Wildman–Crippen MR) is 541 cm³/mol. The highest BCUT2D eigenvalue weighted by molar-refractivity contribution is 14.1. The highest BCUT2D eigenvalue weighted by Crippen LogP contribution is 2.35. The Labute approximate surface area is 806 Å². The molecule has 0 aliphatic carbocycles. The molecular formula is C97H100Br4I2N14O11. The number of fused-ring (bicyclic) bond motifs is 2. The molecule has 31 heteroatoms. The normalized spacial score (nSPS) is 18.2. The van der Waals surface area contributed by atoms with Crippen LogP contribution in [0.4, 0.5) is 39.8 Å². The van der Waals surface area contributed by atoms with Crippen LogP contribution in [0.2, 0.25) is 0 Å². The maximum Gasteiger partial charge on any atom is 0.338 e. The van der Waals surface area contributed by atoms with Crippen LogP contribution in [0.1, 0.15) is 97.6 Å². The number of carbonyl (C=O) groups excluding carboxylic acids is 1. The van der Waals surface area contributed by atoms with Gasteiger partial charge in [-0.1, -0.05) is 36.4 Å². The number of pyridine rings is 7. The lowest BCUT2D eigenvalue weighted by molar-refractivity contribution is -0.00548. The minimum Gasteiger partial charge on any atom is -0.478 e.